The molecular weight excluding hydrogens is 286 g/mol. The molecule has 0 aromatic heterocycles. The maximum atomic E-state index is 6.17. The molecule has 1 saturated heterocycles. The van der Waals surface area contributed by atoms with E-state index in [0.29, 0.717) is 12.7 Å². The minimum atomic E-state index is 0.203. The molecule has 4 heteroatoms. The highest BCUT2D eigenvalue weighted by atomic mass is 35.5. The molecule has 1 aromatic rings. The molecule has 1 heterocycles. The summed E-state index contributed by atoms with van der Waals surface area (Å²) in [7, 11) is 0. The van der Waals surface area contributed by atoms with Gasteiger partial charge in [-0.1, -0.05) is 18.5 Å². The summed E-state index contributed by atoms with van der Waals surface area (Å²) in [5.74, 6) is 0.880. The Morgan fingerprint density at radius 3 is 2.57 bits per heavy atom. The average Bonchev–Trinajstić information content (AvgIpc) is 2.90. The summed E-state index contributed by atoms with van der Waals surface area (Å²) in [6.45, 7) is 8.81. The van der Waals surface area contributed by atoms with E-state index in [1.54, 1.807) is 0 Å². The Labute approximate surface area is 133 Å². The van der Waals surface area contributed by atoms with Gasteiger partial charge in [0.25, 0.3) is 0 Å². The summed E-state index contributed by atoms with van der Waals surface area (Å²) in [6.07, 6.45) is 3.88. The van der Waals surface area contributed by atoms with Gasteiger partial charge in [-0.3, -0.25) is 0 Å². The molecule has 3 nitrogen and oxygen atoms in total. The van der Waals surface area contributed by atoms with Gasteiger partial charge in [0.15, 0.2) is 0 Å². The molecule has 0 bridgehead atoms. The van der Waals surface area contributed by atoms with E-state index in [0.717, 1.165) is 54.3 Å². The molecule has 1 aromatic carbocycles. The zero-order valence-electron chi connectivity index (χ0n) is 13.2. The molecular formula is C17H26ClNO2. The summed E-state index contributed by atoms with van der Waals surface area (Å²) in [4.78, 5) is 0. The first-order chi connectivity index (χ1) is 10.1. The molecule has 2 unspecified atom stereocenters. The van der Waals surface area contributed by atoms with E-state index in [-0.39, 0.29) is 6.10 Å². The van der Waals surface area contributed by atoms with E-state index in [9.17, 15) is 0 Å². The summed E-state index contributed by atoms with van der Waals surface area (Å²) >= 11 is 6.17. The standard InChI is InChI=1S/C17H26ClNO2/c1-4-7-19-10-14-5-6-15(21-14)11-20-16-8-12(2)17(18)13(3)9-16/h8-9,14-15,19H,4-7,10-11H2,1-3H3. The minimum Gasteiger partial charge on any atom is -0.491 e. The van der Waals surface area contributed by atoms with Crippen molar-refractivity contribution in [1.82, 2.24) is 5.32 Å². The second-order valence-corrected chi connectivity index (χ2v) is 6.22. The lowest BCUT2D eigenvalue weighted by Gasteiger charge is -2.16. The van der Waals surface area contributed by atoms with Gasteiger partial charge in [-0.15, -0.1) is 0 Å². The number of rotatable bonds is 7. The lowest BCUT2D eigenvalue weighted by molar-refractivity contribution is 0.0186. The van der Waals surface area contributed by atoms with Crippen LogP contribution >= 0.6 is 11.6 Å². The van der Waals surface area contributed by atoms with Crippen molar-refractivity contribution in [3.63, 3.8) is 0 Å². The van der Waals surface area contributed by atoms with Gasteiger partial charge in [0, 0.05) is 11.6 Å². The molecule has 0 aliphatic carbocycles. The summed E-state index contributed by atoms with van der Waals surface area (Å²) in [5.41, 5.74) is 2.11. The first kappa shape index (κ1) is 16.6. The number of benzene rings is 1. The average molecular weight is 312 g/mol. The normalized spacial score (nSPS) is 21.7. The van der Waals surface area contributed by atoms with Crippen LogP contribution in [0.1, 0.15) is 37.3 Å². The molecule has 0 spiro atoms. The summed E-state index contributed by atoms with van der Waals surface area (Å²) < 4.78 is 11.9. The monoisotopic (exact) mass is 311 g/mol. The number of ether oxygens (including phenoxy) is 2. The lowest BCUT2D eigenvalue weighted by Crippen LogP contribution is -2.28. The van der Waals surface area contributed by atoms with Gasteiger partial charge in [0.2, 0.25) is 0 Å². The Hall–Kier alpha value is -0.770. The second-order valence-electron chi connectivity index (χ2n) is 5.84. The maximum absolute atomic E-state index is 6.17. The van der Waals surface area contributed by atoms with Crippen LogP contribution in [-0.2, 0) is 4.74 Å². The molecule has 2 rings (SSSR count). The fourth-order valence-corrected chi connectivity index (χ4v) is 2.78. The highest BCUT2D eigenvalue weighted by Gasteiger charge is 2.25. The molecule has 0 saturated carbocycles. The van der Waals surface area contributed by atoms with Gasteiger partial charge >= 0.3 is 0 Å². The largest absolute Gasteiger partial charge is 0.491 e. The van der Waals surface area contributed by atoms with E-state index < -0.39 is 0 Å². The van der Waals surface area contributed by atoms with Crippen LogP contribution in [0.15, 0.2) is 12.1 Å². The summed E-state index contributed by atoms with van der Waals surface area (Å²) in [6, 6.07) is 3.98. The van der Waals surface area contributed by atoms with Crippen LogP contribution in [-0.4, -0.2) is 31.9 Å². The highest BCUT2D eigenvalue weighted by molar-refractivity contribution is 6.32. The van der Waals surface area contributed by atoms with Crippen LogP contribution < -0.4 is 10.1 Å². The molecule has 1 N–H and O–H groups in total. The van der Waals surface area contributed by atoms with Crippen molar-refractivity contribution in [2.45, 2.75) is 52.2 Å². The third kappa shape index (κ3) is 4.87. The third-order valence-corrected chi connectivity index (χ3v) is 4.44. The third-order valence-electron chi connectivity index (χ3n) is 3.84. The predicted molar refractivity (Wildman–Crippen MR) is 87.5 cm³/mol. The number of hydrogen-bond donors (Lipinski definition) is 1. The Bertz CT molecular complexity index is 441. The van der Waals surface area contributed by atoms with E-state index in [1.807, 2.05) is 26.0 Å². The first-order valence-corrected chi connectivity index (χ1v) is 8.23. The number of hydrogen-bond acceptors (Lipinski definition) is 3. The molecule has 21 heavy (non-hydrogen) atoms. The van der Waals surface area contributed by atoms with Crippen LogP contribution in [0.5, 0.6) is 5.75 Å². The smallest absolute Gasteiger partial charge is 0.120 e. The maximum Gasteiger partial charge on any atom is 0.120 e. The van der Waals surface area contributed by atoms with Gasteiger partial charge in [0.1, 0.15) is 12.4 Å². The zero-order valence-corrected chi connectivity index (χ0v) is 14.0. The lowest BCUT2D eigenvalue weighted by atomic mass is 10.1. The minimum absolute atomic E-state index is 0.203. The van der Waals surface area contributed by atoms with E-state index in [4.69, 9.17) is 21.1 Å². The van der Waals surface area contributed by atoms with Crippen molar-refractivity contribution < 1.29 is 9.47 Å². The highest BCUT2D eigenvalue weighted by Crippen LogP contribution is 2.27. The molecule has 118 valence electrons. The van der Waals surface area contributed by atoms with Crippen LogP contribution in [0.3, 0.4) is 0 Å². The van der Waals surface area contributed by atoms with Crippen LogP contribution in [0.4, 0.5) is 0 Å². The van der Waals surface area contributed by atoms with Crippen molar-refractivity contribution >= 4 is 11.6 Å². The Balaban J connectivity index is 1.77. The van der Waals surface area contributed by atoms with Crippen molar-refractivity contribution in [3.05, 3.63) is 28.3 Å². The van der Waals surface area contributed by atoms with Crippen LogP contribution in [0.2, 0.25) is 5.02 Å². The Kier molecular flexibility index (Phi) is 6.34. The van der Waals surface area contributed by atoms with Crippen molar-refractivity contribution in [2.24, 2.45) is 0 Å². The van der Waals surface area contributed by atoms with Crippen LogP contribution in [0.25, 0.3) is 0 Å². The van der Waals surface area contributed by atoms with Gasteiger partial charge < -0.3 is 14.8 Å². The second kappa shape index (κ2) is 8.02. The van der Waals surface area contributed by atoms with Gasteiger partial charge in [-0.05, 0) is 62.9 Å². The van der Waals surface area contributed by atoms with Crippen molar-refractivity contribution in [3.8, 4) is 5.75 Å². The zero-order chi connectivity index (χ0) is 15.2. The summed E-state index contributed by atoms with van der Waals surface area (Å²) in [5, 5.41) is 4.23. The van der Waals surface area contributed by atoms with E-state index in [1.165, 1.54) is 0 Å². The number of aryl methyl sites for hydroxylation is 2. The number of nitrogens with one attached hydrogen (secondary N) is 1. The Morgan fingerprint density at radius 1 is 1.24 bits per heavy atom. The molecule has 2 atom stereocenters. The fraction of sp³-hybridized carbons (Fsp3) is 0.647. The Morgan fingerprint density at radius 2 is 1.90 bits per heavy atom. The fourth-order valence-electron chi connectivity index (χ4n) is 2.67. The molecule has 1 aliphatic heterocycles. The quantitative estimate of drug-likeness (QED) is 0.775. The van der Waals surface area contributed by atoms with Gasteiger partial charge in [-0.25, -0.2) is 0 Å². The van der Waals surface area contributed by atoms with Crippen LogP contribution in [0, 0.1) is 13.8 Å². The van der Waals surface area contributed by atoms with Gasteiger partial charge in [-0.2, -0.15) is 0 Å². The molecule has 0 amide bonds. The van der Waals surface area contributed by atoms with Gasteiger partial charge in [0.05, 0.1) is 12.2 Å². The van der Waals surface area contributed by atoms with E-state index in [2.05, 4.69) is 12.2 Å². The molecule has 0 radical (unpaired) electrons. The van der Waals surface area contributed by atoms with Crippen molar-refractivity contribution in [2.75, 3.05) is 19.7 Å². The molecule has 1 fully saturated rings. The molecule has 1 aliphatic rings. The van der Waals surface area contributed by atoms with Crippen molar-refractivity contribution in [1.29, 1.82) is 0 Å². The predicted octanol–water partition coefficient (Wildman–Crippen LogP) is 3.88. The topological polar surface area (TPSA) is 30.5 Å². The first-order valence-electron chi connectivity index (χ1n) is 7.86. The van der Waals surface area contributed by atoms with E-state index >= 15 is 0 Å². The SMILES string of the molecule is CCCNCC1CCC(COc2cc(C)c(Cl)c(C)c2)O1. The number of halogens is 1.